The minimum absolute atomic E-state index is 0.00810. The first-order valence-electron chi connectivity index (χ1n) is 5.50. The van der Waals surface area contributed by atoms with Gasteiger partial charge in [0, 0.05) is 23.9 Å². The fourth-order valence-corrected chi connectivity index (χ4v) is 1.85. The van der Waals surface area contributed by atoms with Gasteiger partial charge in [0.2, 0.25) is 0 Å². The van der Waals surface area contributed by atoms with Gasteiger partial charge in [0.25, 0.3) is 5.69 Å². The maximum Gasteiger partial charge on any atom is 0.270 e. The molecule has 3 aromatic rings. The molecule has 0 spiro atoms. The zero-order valence-corrected chi connectivity index (χ0v) is 9.70. The van der Waals surface area contributed by atoms with Crippen LogP contribution in [0.3, 0.4) is 0 Å². The van der Waals surface area contributed by atoms with Crippen molar-refractivity contribution in [3.05, 3.63) is 46.6 Å². The molecule has 0 aliphatic rings. The highest BCUT2D eigenvalue weighted by Gasteiger charge is 2.11. The summed E-state index contributed by atoms with van der Waals surface area (Å²) in [4.78, 5) is 21.7. The average Bonchev–Trinajstić information content (AvgIpc) is 2.87. The van der Waals surface area contributed by atoms with Crippen molar-refractivity contribution in [1.82, 2.24) is 15.0 Å². The number of nitrogens with two attached hydrogens (primary N) is 1. The molecule has 0 saturated carbocycles. The average molecular weight is 255 g/mol. The second-order valence-corrected chi connectivity index (χ2v) is 3.98. The van der Waals surface area contributed by atoms with E-state index in [4.69, 9.17) is 5.73 Å². The minimum atomic E-state index is -0.458. The van der Waals surface area contributed by atoms with Gasteiger partial charge < -0.3 is 10.7 Å². The number of nitrogens with one attached hydrogen (secondary N) is 1. The van der Waals surface area contributed by atoms with E-state index in [0.717, 1.165) is 5.39 Å². The molecule has 0 fully saturated rings. The SMILES string of the molecule is Nc1nc(-c2cccc([N+](=O)[O-])c2)nc2[nH]ccc12. The summed E-state index contributed by atoms with van der Waals surface area (Å²) in [6.07, 6.45) is 1.72. The second-order valence-electron chi connectivity index (χ2n) is 3.98. The molecule has 0 unspecified atom stereocenters. The molecule has 0 radical (unpaired) electrons. The number of aromatic amines is 1. The summed E-state index contributed by atoms with van der Waals surface area (Å²) >= 11 is 0. The molecule has 3 N–H and O–H groups in total. The van der Waals surface area contributed by atoms with E-state index in [1.807, 2.05) is 0 Å². The quantitative estimate of drug-likeness (QED) is 0.538. The molecule has 94 valence electrons. The van der Waals surface area contributed by atoms with E-state index in [1.165, 1.54) is 12.1 Å². The van der Waals surface area contributed by atoms with Crippen LogP contribution in [-0.4, -0.2) is 19.9 Å². The van der Waals surface area contributed by atoms with Crippen molar-refractivity contribution >= 4 is 22.5 Å². The second kappa shape index (κ2) is 4.05. The number of aromatic nitrogens is 3. The standard InChI is InChI=1S/C12H9N5O2/c13-10-9-4-5-14-12(9)16-11(15-10)7-2-1-3-8(6-7)17(18)19/h1-6H,(H3,13,14,15,16). The smallest absolute Gasteiger partial charge is 0.270 e. The van der Waals surface area contributed by atoms with Gasteiger partial charge in [-0.3, -0.25) is 10.1 Å². The third-order valence-electron chi connectivity index (χ3n) is 2.76. The number of nitro benzene ring substituents is 1. The van der Waals surface area contributed by atoms with Gasteiger partial charge in [0.1, 0.15) is 11.5 Å². The van der Waals surface area contributed by atoms with Gasteiger partial charge in [0.15, 0.2) is 5.82 Å². The van der Waals surface area contributed by atoms with Crippen molar-refractivity contribution in [2.45, 2.75) is 0 Å². The van der Waals surface area contributed by atoms with Crippen LogP contribution in [0.4, 0.5) is 11.5 Å². The molecule has 2 heterocycles. The molecule has 0 amide bonds. The van der Waals surface area contributed by atoms with Crippen LogP contribution >= 0.6 is 0 Å². The zero-order valence-electron chi connectivity index (χ0n) is 9.70. The molecule has 1 aromatic carbocycles. The van der Waals surface area contributed by atoms with Crippen LogP contribution in [0.15, 0.2) is 36.5 Å². The number of hydrogen-bond donors (Lipinski definition) is 2. The van der Waals surface area contributed by atoms with E-state index in [9.17, 15) is 10.1 Å². The van der Waals surface area contributed by atoms with E-state index in [-0.39, 0.29) is 5.69 Å². The number of H-pyrrole nitrogens is 1. The molecule has 0 aliphatic carbocycles. The Balaban J connectivity index is 2.18. The number of nitro groups is 1. The predicted octanol–water partition coefficient (Wildman–Crippen LogP) is 2.12. The van der Waals surface area contributed by atoms with Crippen LogP contribution in [0.2, 0.25) is 0 Å². The van der Waals surface area contributed by atoms with Gasteiger partial charge in [-0.25, -0.2) is 9.97 Å². The molecule has 0 bridgehead atoms. The van der Waals surface area contributed by atoms with Crippen LogP contribution < -0.4 is 5.73 Å². The van der Waals surface area contributed by atoms with Crippen LogP contribution in [0.5, 0.6) is 0 Å². The van der Waals surface area contributed by atoms with Gasteiger partial charge in [-0.15, -0.1) is 0 Å². The Kier molecular flexibility index (Phi) is 2.38. The number of fused-ring (bicyclic) bond motifs is 1. The van der Waals surface area contributed by atoms with Gasteiger partial charge in [-0.05, 0) is 6.07 Å². The van der Waals surface area contributed by atoms with Crippen molar-refractivity contribution in [3.8, 4) is 11.4 Å². The van der Waals surface area contributed by atoms with E-state index in [0.29, 0.717) is 22.9 Å². The number of non-ortho nitro benzene ring substituents is 1. The lowest BCUT2D eigenvalue weighted by Crippen LogP contribution is -1.97. The summed E-state index contributed by atoms with van der Waals surface area (Å²) in [5.41, 5.74) is 6.98. The first kappa shape index (κ1) is 11.1. The van der Waals surface area contributed by atoms with E-state index in [2.05, 4.69) is 15.0 Å². The topological polar surface area (TPSA) is 111 Å². The first-order chi connectivity index (χ1) is 9.15. The summed E-state index contributed by atoms with van der Waals surface area (Å²) in [5.74, 6) is 0.698. The summed E-state index contributed by atoms with van der Waals surface area (Å²) in [6.45, 7) is 0. The lowest BCUT2D eigenvalue weighted by Gasteiger charge is -2.02. The predicted molar refractivity (Wildman–Crippen MR) is 70.4 cm³/mol. The fraction of sp³-hybridized carbons (Fsp3) is 0. The number of nitrogens with zero attached hydrogens (tertiary/aromatic N) is 3. The van der Waals surface area contributed by atoms with Crippen LogP contribution in [0.1, 0.15) is 0 Å². The Morgan fingerprint density at radius 1 is 1.26 bits per heavy atom. The van der Waals surface area contributed by atoms with Crippen molar-refractivity contribution in [1.29, 1.82) is 0 Å². The van der Waals surface area contributed by atoms with Crippen molar-refractivity contribution < 1.29 is 4.92 Å². The summed E-state index contributed by atoms with van der Waals surface area (Å²) in [7, 11) is 0. The molecule has 7 heteroatoms. The van der Waals surface area contributed by atoms with E-state index >= 15 is 0 Å². The normalized spacial score (nSPS) is 10.7. The van der Waals surface area contributed by atoms with Crippen molar-refractivity contribution in [2.24, 2.45) is 0 Å². The molecule has 2 aromatic heterocycles. The summed E-state index contributed by atoms with van der Waals surface area (Å²) < 4.78 is 0. The van der Waals surface area contributed by atoms with Crippen molar-refractivity contribution in [3.63, 3.8) is 0 Å². The summed E-state index contributed by atoms with van der Waals surface area (Å²) in [6, 6.07) is 7.91. The van der Waals surface area contributed by atoms with Crippen LogP contribution in [-0.2, 0) is 0 Å². The highest BCUT2D eigenvalue weighted by molar-refractivity contribution is 5.87. The van der Waals surface area contributed by atoms with Gasteiger partial charge in [-0.1, -0.05) is 12.1 Å². The van der Waals surface area contributed by atoms with Crippen LogP contribution in [0.25, 0.3) is 22.4 Å². The Morgan fingerprint density at radius 2 is 2.11 bits per heavy atom. The number of rotatable bonds is 2. The molecular weight excluding hydrogens is 246 g/mol. The van der Waals surface area contributed by atoms with Crippen molar-refractivity contribution in [2.75, 3.05) is 5.73 Å². The lowest BCUT2D eigenvalue weighted by atomic mass is 10.2. The Bertz CT molecular complexity index is 781. The Hall–Kier alpha value is -2.96. The van der Waals surface area contributed by atoms with E-state index in [1.54, 1.807) is 24.4 Å². The first-order valence-corrected chi connectivity index (χ1v) is 5.50. The Morgan fingerprint density at radius 3 is 2.89 bits per heavy atom. The number of benzene rings is 1. The van der Waals surface area contributed by atoms with E-state index < -0.39 is 4.92 Å². The van der Waals surface area contributed by atoms with Gasteiger partial charge in [-0.2, -0.15) is 0 Å². The molecule has 0 atom stereocenters. The molecule has 0 saturated heterocycles. The highest BCUT2D eigenvalue weighted by atomic mass is 16.6. The maximum absolute atomic E-state index is 10.8. The molecule has 0 aliphatic heterocycles. The molecule has 3 rings (SSSR count). The molecular formula is C12H9N5O2. The number of nitrogen functional groups attached to an aromatic ring is 1. The molecule has 19 heavy (non-hydrogen) atoms. The minimum Gasteiger partial charge on any atom is -0.383 e. The largest absolute Gasteiger partial charge is 0.383 e. The monoisotopic (exact) mass is 255 g/mol. The number of hydrogen-bond acceptors (Lipinski definition) is 5. The zero-order chi connectivity index (χ0) is 13.4. The summed E-state index contributed by atoms with van der Waals surface area (Å²) in [5, 5.41) is 11.5. The number of anilines is 1. The van der Waals surface area contributed by atoms with Gasteiger partial charge in [0.05, 0.1) is 10.3 Å². The highest BCUT2D eigenvalue weighted by Crippen LogP contribution is 2.24. The third kappa shape index (κ3) is 1.86. The fourth-order valence-electron chi connectivity index (χ4n) is 1.85. The Labute approximate surface area is 107 Å². The maximum atomic E-state index is 10.8. The lowest BCUT2D eigenvalue weighted by molar-refractivity contribution is -0.384. The van der Waals surface area contributed by atoms with Crippen LogP contribution in [0, 0.1) is 10.1 Å². The van der Waals surface area contributed by atoms with Gasteiger partial charge >= 0.3 is 0 Å². The third-order valence-corrected chi connectivity index (χ3v) is 2.76. The molecule has 7 nitrogen and oxygen atoms in total.